The first-order chi connectivity index (χ1) is 12.7. The molecule has 1 N–H and O–H groups in total. The SMILES string of the molecule is C#CCN1C(=O)c2cccc3c(NCCOCCOC)ccc(c23)C1=O. The van der Waals surface area contributed by atoms with E-state index in [1.165, 1.54) is 0 Å². The highest BCUT2D eigenvalue weighted by molar-refractivity contribution is 6.26. The van der Waals surface area contributed by atoms with Gasteiger partial charge in [0.2, 0.25) is 0 Å². The van der Waals surface area contributed by atoms with Crippen molar-refractivity contribution in [3.05, 3.63) is 41.5 Å². The predicted molar refractivity (Wildman–Crippen MR) is 99.3 cm³/mol. The van der Waals surface area contributed by atoms with Gasteiger partial charge in [0.05, 0.1) is 26.4 Å². The summed E-state index contributed by atoms with van der Waals surface area (Å²) >= 11 is 0. The van der Waals surface area contributed by atoms with Crippen molar-refractivity contribution in [3.8, 4) is 12.3 Å². The van der Waals surface area contributed by atoms with Crippen LogP contribution in [0.3, 0.4) is 0 Å². The van der Waals surface area contributed by atoms with Crippen LogP contribution < -0.4 is 5.32 Å². The summed E-state index contributed by atoms with van der Waals surface area (Å²) in [6, 6.07) is 9.01. The predicted octanol–water partition coefficient (Wildman–Crippen LogP) is 2.14. The van der Waals surface area contributed by atoms with E-state index in [9.17, 15) is 9.59 Å². The van der Waals surface area contributed by atoms with Crippen molar-refractivity contribution in [1.29, 1.82) is 0 Å². The van der Waals surface area contributed by atoms with Gasteiger partial charge in [-0.1, -0.05) is 18.1 Å². The summed E-state index contributed by atoms with van der Waals surface area (Å²) in [6.45, 7) is 2.19. The Morgan fingerprint density at radius 2 is 1.85 bits per heavy atom. The molecular weight excluding hydrogens is 332 g/mol. The van der Waals surface area contributed by atoms with E-state index in [0.717, 1.165) is 16.0 Å². The molecule has 0 radical (unpaired) electrons. The first kappa shape index (κ1) is 17.9. The van der Waals surface area contributed by atoms with Crippen LogP contribution in [0.2, 0.25) is 0 Å². The molecule has 0 fully saturated rings. The molecule has 2 aromatic carbocycles. The quantitative estimate of drug-likeness (QED) is 0.448. The van der Waals surface area contributed by atoms with Gasteiger partial charge in [0, 0.05) is 41.2 Å². The lowest BCUT2D eigenvalue weighted by atomic mass is 9.93. The van der Waals surface area contributed by atoms with Gasteiger partial charge < -0.3 is 14.8 Å². The average Bonchev–Trinajstić information content (AvgIpc) is 2.66. The van der Waals surface area contributed by atoms with Gasteiger partial charge >= 0.3 is 0 Å². The van der Waals surface area contributed by atoms with Gasteiger partial charge in [0.1, 0.15) is 0 Å². The zero-order chi connectivity index (χ0) is 18.5. The highest BCUT2D eigenvalue weighted by Gasteiger charge is 2.32. The lowest BCUT2D eigenvalue weighted by Crippen LogP contribution is -2.40. The van der Waals surface area contributed by atoms with Crippen LogP contribution in [0.4, 0.5) is 5.69 Å². The number of nitrogens with one attached hydrogen (secondary N) is 1. The van der Waals surface area contributed by atoms with Gasteiger partial charge in [-0.3, -0.25) is 14.5 Å². The van der Waals surface area contributed by atoms with E-state index in [0.29, 0.717) is 42.9 Å². The van der Waals surface area contributed by atoms with Crippen LogP contribution in [0.5, 0.6) is 0 Å². The third kappa shape index (κ3) is 3.27. The Bertz CT molecular complexity index is 863. The second kappa shape index (κ2) is 8.00. The van der Waals surface area contributed by atoms with Crippen LogP contribution in [0.25, 0.3) is 10.8 Å². The second-order valence-corrected chi connectivity index (χ2v) is 5.82. The van der Waals surface area contributed by atoms with Crippen molar-refractivity contribution in [2.24, 2.45) is 0 Å². The molecule has 6 nitrogen and oxygen atoms in total. The summed E-state index contributed by atoms with van der Waals surface area (Å²) < 4.78 is 10.4. The van der Waals surface area contributed by atoms with Crippen molar-refractivity contribution in [2.45, 2.75) is 0 Å². The highest BCUT2D eigenvalue weighted by atomic mass is 16.5. The number of nitrogens with zero attached hydrogens (tertiary/aromatic N) is 1. The summed E-state index contributed by atoms with van der Waals surface area (Å²) in [4.78, 5) is 26.4. The molecule has 2 aromatic rings. The van der Waals surface area contributed by atoms with Crippen molar-refractivity contribution in [2.75, 3.05) is 45.3 Å². The van der Waals surface area contributed by atoms with Crippen LogP contribution in [0.15, 0.2) is 30.3 Å². The van der Waals surface area contributed by atoms with E-state index in [2.05, 4.69) is 11.2 Å². The number of terminal acetylenes is 1. The Hall–Kier alpha value is -2.88. The number of hydrogen-bond donors (Lipinski definition) is 1. The number of rotatable bonds is 8. The first-order valence-electron chi connectivity index (χ1n) is 8.35. The van der Waals surface area contributed by atoms with E-state index in [1.54, 1.807) is 19.2 Å². The number of benzene rings is 2. The third-order valence-corrected chi connectivity index (χ3v) is 4.23. The number of imide groups is 1. The third-order valence-electron chi connectivity index (χ3n) is 4.23. The van der Waals surface area contributed by atoms with Gasteiger partial charge in [-0.05, 0) is 18.2 Å². The molecule has 0 bridgehead atoms. The standard InChI is InChI=1S/C20H20N2O4/c1-3-10-22-19(23)15-6-4-5-14-17(21-9-11-26-13-12-25-2)8-7-16(18(14)15)20(22)24/h1,4-8,21H,9-13H2,2H3. The van der Waals surface area contributed by atoms with Crippen LogP contribution in [0.1, 0.15) is 20.7 Å². The van der Waals surface area contributed by atoms with Gasteiger partial charge in [-0.2, -0.15) is 0 Å². The Kier molecular flexibility index (Phi) is 5.52. The molecular formula is C20H20N2O4. The minimum atomic E-state index is -0.355. The maximum Gasteiger partial charge on any atom is 0.262 e. The van der Waals surface area contributed by atoms with Crippen molar-refractivity contribution >= 4 is 28.3 Å². The number of carbonyl (C=O) groups excluding carboxylic acids is 2. The first-order valence-corrected chi connectivity index (χ1v) is 8.35. The Morgan fingerprint density at radius 1 is 1.08 bits per heavy atom. The topological polar surface area (TPSA) is 67.9 Å². The minimum absolute atomic E-state index is 0.0354. The molecule has 0 aliphatic carbocycles. The Balaban J connectivity index is 1.87. The molecule has 2 amide bonds. The van der Waals surface area contributed by atoms with E-state index >= 15 is 0 Å². The normalized spacial score (nSPS) is 13.2. The maximum atomic E-state index is 12.6. The summed E-state index contributed by atoms with van der Waals surface area (Å²) in [5, 5.41) is 4.80. The van der Waals surface area contributed by atoms with Crippen molar-refractivity contribution < 1.29 is 19.1 Å². The molecule has 26 heavy (non-hydrogen) atoms. The van der Waals surface area contributed by atoms with Crippen molar-refractivity contribution in [1.82, 2.24) is 4.90 Å². The molecule has 1 aliphatic heterocycles. The molecule has 134 valence electrons. The molecule has 0 saturated carbocycles. The molecule has 6 heteroatoms. The van der Waals surface area contributed by atoms with E-state index in [-0.39, 0.29) is 18.4 Å². The van der Waals surface area contributed by atoms with Gasteiger partial charge in [-0.25, -0.2) is 0 Å². The number of amides is 2. The smallest absolute Gasteiger partial charge is 0.262 e. The molecule has 0 saturated heterocycles. The van der Waals surface area contributed by atoms with Crippen LogP contribution in [0, 0.1) is 12.3 Å². The lowest BCUT2D eigenvalue weighted by molar-refractivity contribution is 0.0632. The summed E-state index contributed by atoms with van der Waals surface area (Å²) in [7, 11) is 1.63. The fourth-order valence-corrected chi connectivity index (χ4v) is 3.04. The Morgan fingerprint density at radius 3 is 2.58 bits per heavy atom. The van der Waals surface area contributed by atoms with Crippen molar-refractivity contribution in [3.63, 3.8) is 0 Å². The number of ether oxygens (including phenoxy) is 2. The molecule has 0 spiro atoms. The highest BCUT2D eigenvalue weighted by Crippen LogP contribution is 2.34. The van der Waals surface area contributed by atoms with E-state index in [1.807, 2.05) is 18.2 Å². The van der Waals surface area contributed by atoms with Crippen LogP contribution in [-0.4, -0.2) is 56.7 Å². The second-order valence-electron chi connectivity index (χ2n) is 5.82. The van der Waals surface area contributed by atoms with Gasteiger partial charge in [-0.15, -0.1) is 6.42 Å². The van der Waals surface area contributed by atoms with Gasteiger partial charge in [0.15, 0.2) is 0 Å². The summed E-state index contributed by atoms with van der Waals surface area (Å²) in [6.07, 6.45) is 5.30. The molecule has 3 rings (SSSR count). The average molecular weight is 352 g/mol. The number of carbonyl (C=O) groups is 2. The minimum Gasteiger partial charge on any atom is -0.382 e. The fraction of sp³-hybridized carbons (Fsp3) is 0.300. The molecule has 0 unspecified atom stereocenters. The zero-order valence-electron chi connectivity index (χ0n) is 14.6. The molecule has 0 aromatic heterocycles. The van der Waals surface area contributed by atoms with Crippen LogP contribution >= 0.6 is 0 Å². The molecule has 0 atom stereocenters. The molecule has 1 aliphatic rings. The maximum absolute atomic E-state index is 12.6. The number of hydrogen-bond acceptors (Lipinski definition) is 5. The molecule has 1 heterocycles. The van der Waals surface area contributed by atoms with E-state index in [4.69, 9.17) is 15.9 Å². The summed E-state index contributed by atoms with van der Waals surface area (Å²) in [5.41, 5.74) is 1.84. The fourth-order valence-electron chi connectivity index (χ4n) is 3.04. The lowest BCUT2D eigenvalue weighted by Gasteiger charge is -2.26. The number of methoxy groups -OCH3 is 1. The monoisotopic (exact) mass is 352 g/mol. The largest absolute Gasteiger partial charge is 0.382 e. The van der Waals surface area contributed by atoms with Gasteiger partial charge in [0.25, 0.3) is 11.8 Å². The van der Waals surface area contributed by atoms with Crippen LogP contribution in [-0.2, 0) is 9.47 Å². The zero-order valence-corrected chi connectivity index (χ0v) is 14.6. The Labute approximate surface area is 152 Å². The summed E-state index contributed by atoms with van der Waals surface area (Å²) in [5.74, 6) is 1.66. The van der Waals surface area contributed by atoms with E-state index < -0.39 is 0 Å². The number of anilines is 1.